The number of aromatic carboxylic acids is 1. The van der Waals surface area contributed by atoms with Crippen molar-refractivity contribution in [3.8, 4) is 0 Å². The Morgan fingerprint density at radius 3 is 2.69 bits per heavy atom. The highest BCUT2D eigenvalue weighted by Gasteiger charge is 2.43. The first-order valence-corrected chi connectivity index (χ1v) is 10.9. The summed E-state index contributed by atoms with van der Waals surface area (Å²) >= 11 is 0. The second kappa shape index (κ2) is 7.67. The molecule has 32 heavy (non-hydrogen) atoms. The molecule has 7 nitrogen and oxygen atoms in total. The number of nitrogens with zero attached hydrogens (tertiary/aromatic N) is 1. The summed E-state index contributed by atoms with van der Waals surface area (Å²) < 4.78 is 5.27. The predicted octanol–water partition coefficient (Wildman–Crippen LogP) is 3.85. The Bertz CT molecular complexity index is 1190. The van der Waals surface area contributed by atoms with E-state index in [9.17, 15) is 14.7 Å². The molecule has 1 saturated carbocycles. The smallest absolute Gasteiger partial charge is 0.408 e. The molecule has 1 amide bonds. The van der Waals surface area contributed by atoms with Gasteiger partial charge in [0.25, 0.3) is 0 Å². The summed E-state index contributed by atoms with van der Waals surface area (Å²) in [6.45, 7) is 0.0846. The molecule has 0 unspecified atom stereocenters. The van der Waals surface area contributed by atoms with Crippen LogP contribution in [0.3, 0.4) is 0 Å². The van der Waals surface area contributed by atoms with Crippen LogP contribution in [-0.4, -0.2) is 53.8 Å². The van der Waals surface area contributed by atoms with Crippen LogP contribution in [-0.2, 0) is 16.7 Å². The molecule has 1 aliphatic carbocycles. The number of hydrogen-bond donors (Lipinski definition) is 3. The molecule has 1 aromatic heterocycles. The Morgan fingerprint density at radius 1 is 1.22 bits per heavy atom. The van der Waals surface area contributed by atoms with Crippen LogP contribution in [0.25, 0.3) is 10.9 Å². The maximum absolute atomic E-state index is 12.1. The third-order valence-corrected chi connectivity index (χ3v) is 7.03. The van der Waals surface area contributed by atoms with Crippen molar-refractivity contribution >= 4 is 23.0 Å². The highest BCUT2D eigenvalue weighted by Crippen LogP contribution is 2.42. The number of benzene rings is 2. The number of rotatable bonds is 6. The molecular formula is C25H27N3O4. The average molecular weight is 434 g/mol. The van der Waals surface area contributed by atoms with Crippen LogP contribution < -0.4 is 5.32 Å². The Hall–Kier alpha value is -3.32. The van der Waals surface area contributed by atoms with Crippen molar-refractivity contribution in [3.63, 3.8) is 0 Å². The number of carboxylic acids is 1. The second-order valence-corrected chi connectivity index (χ2v) is 9.22. The van der Waals surface area contributed by atoms with Gasteiger partial charge in [0.05, 0.1) is 5.56 Å². The molecule has 5 rings (SSSR count). The van der Waals surface area contributed by atoms with E-state index in [0.29, 0.717) is 23.9 Å². The summed E-state index contributed by atoms with van der Waals surface area (Å²) in [6, 6.07) is 13.7. The lowest BCUT2D eigenvalue weighted by molar-refractivity contribution is 0.0692. The number of hydrogen-bond acceptors (Lipinski definition) is 4. The van der Waals surface area contributed by atoms with Crippen molar-refractivity contribution in [1.29, 1.82) is 0 Å². The molecular weight excluding hydrogens is 406 g/mol. The predicted molar refractivity (Wildman–Crippen MR) is 121 cm³/mol. The minimum Gasteiger partial charge on any atom is -0.478 e. The molecule has 2 aromatic carbocycles. The summed E-state index contributed by atoms with van der Waals surface area (Å²) in [6.07, 6.45) is 4.31. The number of alkyl carbamates (subject to hydrolysis) is 1. The Labute approximate surface area is 186 Å². The minimum absolute atomic E-state index is 0.0846. The maximum atomic E-state index is 12.1. The number of cyclic esters (lactones) is 1. The van der Waals surface area contributed by atoms with Gasteiger partial charge in [-0.15, -0.1) is 0 Å². The molecule has 3 aromatic rings. The van der Waals surface area contributed by atoms with E-state index < -0.39 is 17.6 Å². The van der Waals surface area contributed by atoms with E-state index in [2.05, 4.69) is 47.6 Å². The summed E-state index contributed by atoms with van der Waals surface area (Å²) in [5.41, 5.74) is 3.23. The third kappa shape index (κ3) is 3.42. The summed E-state index contributed by atoms with van der Waals surface area (Å²) in [4.78, 5) is 29.6. The molecule has 3 N–H and O–H groups in total. The number of carbonyl (C=O) groups excluding carboxylic acids is 1. The molecule has 0 bridgehead atoms. The number of carbonyl (C=O) groups is 2. The SMILES string of the molecule is CN(C)C1CC(c2c[nH]c3ccc(C[C@@]4(c5ccccc5C(=O)O)COC(=O)N4)cc23)C1. The molecule has 166 valence electrons. The first-order valence-electron chi connectivity index (χ1n) is 10.9. The van der Waals surface area contributed by atoms with Crippen LogP contribution in [0, 0.1) is 0 Å². The minimum atomic E-state index is -1.02. The molecule has 1 aliphatic heterocycles. The first kappa shape index (κ1) is 20.6. The van der Waals surface area contributed by atoms with Crippen molar-refractivity contribution in [2.45, 2.75) is 36.8 Å². The van der Waals surface area contributed by atoms with Gasteiger partial charge in [0.1, 0.15) is 12.1 Å². The topological polar surface area (TPSA) is 94.7 Å². The zero-order valence-electron chi connectivity index (χ0n) is 18.2. The highest BCUT2D eigenvalue weighted by atomic mass is 16.6. The molecule has 2 heterocycles. The lowest BCUT2D eigenvalue weighted by atomic mass is 9.75. The lowest BCUT2D eigenvalue weighted by Gasteiger charge is -2.39. The fourth-order valence-electron chi connectivity index (χ4n) is 5.13. The van der Waals surface area contributed by atoms with Gasteiger partial charge in [-0.3, -0.25) is 0 Å². The van der Waals surface area contributed by atoms with Crippen molar-refractivity contribution in [2.75, 3.05) is 20.7 Å². The number of carboxylic acid groups (broad SMARTS) is 1. The number of H-pyrrole nitrogens is 1. The largest absolute Gasteiger partial charge is 0.478 e. The Morgan fingerprint density at radius 2 is 2.00 bits per heavy atom. The van der Waals surface area contributed by atoms with Crippen molar-refractivity contribution in [2.24, 2.45) is 0 Å². The zero-order valence-corrected chi connectivity index (χ0v) is 18.2. The molecule has 0 spiro atoms. The van der Waals surface area contributed by atoms with Gasteiger partial charge in [-0.05, 0) is 67.7 Å². The number of ether oxygens (including phenoxy) is 1. The van der Waals surface area contributed by atoms with Crippen LogP contribution >= 0.6 is 0 Å². The lowest BCUT2D eigenvalue weighted by Crippen LogP contribution is -2.43. The summed E-state index contributed by atoms with van der Waals surface area (Å²) in [7, 11) is 4.25. The molecule has 1 atom stereocenters. The van der Waals surface area contributed by atoms with E-state index in [4.69, 9.17) is 4.74 Å². The molecule has 7 heteroatoms. The number of amides is 1. The Kier molecular flexibility index (Phi) is 4.93. The highest BCUT2D eigenvalue weighted by molar-refractivity contribution is 5.90. The van der Waals surface area contributed by atoms with Gasteiger partial charge in [0, 0.05) is 29.6 Å². The van der Waals surface area contributed by atoms with Crippen LogP contribution in [0.2, 0.25) is 0 Å². The quantitative estimate of drug-likeness (QED) is 0.549. The van der Waals surface area contributed by atoms with Gasteiger partial charge >= 0.3 is 12.1 Å². The number of nitrogens with one attached hydrogen (secondary N) is 2. The second-order valence-electron chi connectivity index (χ2n) is 9.22. The fourth-order valence-corrected chi connectivity index (χ4v) is 5.13. The number of fused-ring (bicyclic) bond motifs is 1. The molecule has 0 radical (unpaired) electrons. The monoisotopic (exact) mass is 433 g/mol. The maximum Gasteiger partial charge on any atom is 0.408 e. The van der Waals surface area contributed by atoms with E-state index in [0.717, 1.165) is 23.9 Å². The van der Waals surface area contributed by atoms with Crippen molar-refractivity contribution in [3.05, 3.63) is 70.9 Å². The average Bonchev–Trinajstić information content (AvgIpc) is 3.31. The van der Waals surface area contributed by atoms with E-state index >= 15 is 0 Å². The first-order chi connectivity index (χ1) is 15.4. The van der Waals surface area contributed by atoms with E-state index in [1.54, 1.807) is 24.3 Å². The van der Waals surface area contributed by atoms with Crippen LogP contribution in [0.5, 0.6) is 0 Å². The number of aromatic nitrogens is 1. The zero-order chi connectivity index (χ0) is 22.5. The van der Waals surface area contributed by atoms with Gasteiger partial charge in [0.2, 0.25) is 0 Å². The van der Waals surface area contributed by atoms with Crippen LogP contribution in [0.15, 0.2) is 48.7 Å². The van der Waals surface area contributed by atoms with E-state index in [1.165, 1.54) is 10.9 Å². The fraction of sp³-hybridized carbons (Fsp3) is 0.360. The van der Waals surface area contributed by atoms with Gasteiger partial charge in [0.15, 0.2) is 0 Å². The van der Waals surface area contributed by atoms with Crippen LogP contribution in [0.4, 0.5) is 4.79 Å². The molecule has 1 saturated heterocycles. The van der Waals surface area contributed by atoms with Gasteiger partial charge < -0.3 is 25.0 Å². The van der Waals surface area contributed by atoms with Gasteiger partial charge in [-0.1, -0.05) is 24.3 Å². The van der Waals surface area contributed by atoms with Crippen LogP contribution in [0.1, 0.15) is 45.8 Å². The van der Waals surface area contributed by atoms with Gasteiger partial charge in [-0.2, -0.15) is 0 Å². The number of aromatic amines is 1. The standard InChI is InChI=1S/C25H27N3O4/c1-28(2)17-10-16(11-17)20-13-26-22-8-7-15(9-19(20)22)12-25(14-32-24(31)27-25)21-6-4-3-5-18(21)23(29)30/h3-9,13,16-17,26H,10-12,14H2,1-2H3,(H,27,31)(H,29,30)/t16?,17?,25-/m0/s1. The molecule has 2 fully saturated rings. The van der Waals surface area contributed by atoms with Crippen molar-refractivity contribution < 1.29 is 19.4 Å². The normalized spacial score (nSPS) is 24.9. The Balaban J connectivity index is 1.50. The summed E-state index contributed by atoms with van der Waals surface area (Å²) in [5, 5.41) is 13.8. The van der Waals surface area contributed by atoms with E-state index in [1.807, 2.05) is 6.07 Å². The molecule has 2 aliphatic rings. The van der Waals surface area contributed by atoms with Gasteiger partial charge in [-0.25, -0.2) is 9.59 Å². The third-order valence-electron chi connectivity index (χ3n) is 7.03. The summed E-state index contributed by atoms with van der Waals surface area (Å²) in [5.74, 6) is -0.493. The van der Waals surface area contributed by atoms with E-state index in [-0.39, 0.29) is 12.2 Å². The van der Waals surface area contributed by atoms with Crippen molar-refractivity contribution in [1.82, 2.24) is 15.2 Å².